The molecule has 0 aromatic rings. The minimum absolute atomic E-state index is 0.927. The van der Waals surface area contributed by atoms with Crippen LogP contribution in [0.1, 0.15) is 103 Å². The van der Waals surface area contributed by atoms with Crippen molar-refractivity contribution in [3.63, 3.8) is 0 Å². The molecule has 0 amide bonds. The lowest BCUT2D eigenvalue weighted by atomic mass is 9.96. The van der Waals surface area contributed by atoms with Gasteiger partial charge in [0.1, 0.15) is 0 Å². The summed E-state index contributed by atoms with van der Waals surface area (Å²) >= 11 is 0. The first-order valence-electron chi connectivity index (χ1n) is 9.54. The molecule has 0 aliphatic rings. The highest BCUT2D eigenvalue weighted by Crippen LogP contribution is 2.18. The van der Waals surface area contributed by atoms with Gasteiger partial charge in [-0.3, -0.25) is 0 Å². The summed E-state index contributed by atoms with van der Waals surface area (Å²) in [4.78, 5) is 0. The summed E-state index contributed by atoms with van der Waals surface area (Å²) in [5.41, 5.74) is 0. The molecule has 21 heavy (non-hydrogen) atoms. The summed E-state index contributed by atoms with van der Waals surface area (Å²) in [6.07, 6.45) is 24.9. The molecule has 0 aromatic carbocycles. The molecule has 0 spiro atoms. The summed E-state index contributed by atoms with van der Waals surface area (Å²) in [6.45, 7) is 10.0. The van der Waals surface area contributed by atoms with E-state index in [0.717, 1.165) is 12.3 Å². The lowest BCUT2D eigenvalue weighted by Gasteiger charge is -2.10. The third-order valence-corrected chi connectivity index (χ3v) is 4.43. The highest BCUT2D eigenvalue weighted by molar-refractivity contribution is 4.83. The summed E-state index contributed by atoms with van der Waals surface area (Å²) in [6, 6.07) is 0. The zero-order valence-electron chi connectivity index (χ0n) is 14.8. The van der Waals surface area contributed by atoms with E-state index in [9.17, 15) is 0 Å². The van der Waals surface area contributed by atoms with E-state index in [2.05, 4.69) is 26.8 Å². The molecule has 0 heterocycles. The van der Waals surface area contributed by atoms with Crippen LogP contribution >= 0.6 is 0 Å². The summed E-state index contributed by atoms with van der Waals surface area (Å²) in [7, 11) is 0. The Balaban J connectivity index is 3.12. The van der Waals surface area contributed by atoms with Crippen molar-refractivity contribution >= 4 is 0 Å². The van der Waals surface area contributed by atoms with Gasteiger partial charge in [-0.2, -0.15) is 0 Å². The highest BCUT2D eigenvalue weighted by Gasteiger charge is 2.01. The van der Waals surface area contributed by atoms with E-state index in [1.54, 1.807) is 0 Å². The van der Waals surface area contributed by atoms with Crippen LogP contribution in [0.15, 0.2) is 12.2 Å². The smallest absolute Gasteiger partial charge is 0.0316 e. The fraction of sp³-hybridized carbons (Fsp3) is 0.810. The van der Waals surface area contributed by atoms with E-state index in [0.29, 0.717) is 0 Å². The van der Waals surface area contributed by atoms with Crippen molar-refractivity contribution in [1.82, 2.24) is 0 Å². The predicted molar refractivity (Wildman–Crippen MR) is 98.3 cm³/mol. The molecule has 0 fully saturated rings. The zero-order chi connectivity index (χ0) is 15.6. The van der Waals surface area contributed by atoms with Gasteiger partial charge in [-0.25, -0.2) is 0 Å². The van der Waals surface area contributed by atoms with Crippen LogP contribution in [0, 0.1) is 19.8 Å². The zero-order valence-corrected chi connectivity index (χ0v) is 14.8. The molecule has 2 radical (unpaired) electrons. The Morgan fingerprint density at radius 1 is 0.714 bits per heavy atom. The van der Waals surface area contributed by atoms with Gasteiger partial charge in [-0.05, 0) is 25.7 Å². The first-order valence-corrected chi connectivity index (χ1v) is 9.54. The molecule has 0 aliphatic carbocycles. The summed E-state index contributed by atoms with van der Waals surface area (Å²) in [5, 5.41) is 0. The third kappa shape index (κ3) is 17.7. The molecule has 0 heteroatoms. The number of hydrogen-bond donors (Lipinski definition) is 0. The van der Waals surface area contributed by atoms with Crippen molar-refractivity contribution in [2.45, 2.75) is 103 Å². The molecule has 0 saturated carbocycles. The standard InChI is InChI=1S/C21H40/c1-4-6-8-10-11-12-13-14-16-18-20-21(3)19-17-15-9-7-5-2/h5,7,21H,1-2,4,6,8-20H2,3H3. The second-order valence-corrected chi connectivity index (χ2v) is 6.69. The fourth-order valence-electron chi connectivity index (χ4n) is 2.92. The van der Waals surface area contributed by atoms with Gasteiger partial charge in [0.25, 0.3) is 0 Å². The van der Waals surface area contributed by atoms with E-state index in [1.165, 1.54) is 89.9 Å². The summed E-state index contributed by atoms with van der Waals surface area (Å²) < 4.78 is 0. The van der Waals surface area contributed by atoms with Crippen molar-refractivity contribution in [1.29, 1.82) is 0 Å². The molecule has 1 unspecified atom stereocenters. The quantitative estimate of drug-likeness (QED) is 0.256. The largest absolute Gasteiger partial charge is 0.0885 e. The maximum atomic E-state index is 3.89. The van der Waals surface area contributed by atoms with E-state index in [1.807, 2.05) is 6.08 Å². The number of allylic oxidation sites excluding steroid dienone is 2. The Morgan fingerprint density at radius 2 is 1.19 bits per heavy atom. The van der Waals surface area contributed by atoms with Crippen molar-refractivity contribution in [2.24, 2.45) is 5.92 Å². The van der Waals surface area contributed by atoms with Crippen LogP contribution in [0.5, 0.6) is 0 Å². The number of hydrogen-bond acceptors (Lipinski definition) is 0. The monoisotopic (exact) mass is 292 g/mol. The topological polar surface area (TPSA) is 0 Å². The molecule has 0 aromatic heterocycles. The van der Waals surface area contributed by atoms with Crippen LogP contribution in [0.3, 0.4) is 0 Å². The molecular formula is C21H40. The van der Waals surface area contributed by atoms with Gasteiger partial charge >= 0.3 is 0 Å². The molecule has 124 valence electrons. The highest BCUT2D eigenvalue weighted by atomic mass is 14.1. The molecule has 1 atom stereocenters. The van der Waals surface area contributed by atoms with Crippen molar-refractivity contribution < 1.29 is 0 Å². The van der Waals surface area contributed by atoms with E-state index in [-0.39, 0.29) is 0 Å². The van der Waals surface area contributed by atoms with Crippen LogP contribution in [-0.4, -0.2) is 0 Å². The lowest BCUT2D eigenvalue weighted by molar-refractivity contribution is 0.437. The van der Waals surface area contributed by atoms with Gasteiger partial charge in [-0.1, -0.05) is 109 Å². The van der Waals surface area contributed by atoms with Gasteiger partial charge in [-0.15, -0.1) is 0 Å². The Kier molecular flexibility index (Phi) is 17.6. The van der Waals surface area contributed by atoms with Crippen LogP contribution < -0.4 is 0 Å². The Labute approximate surface area is 135 Å². The Hall–Kier alpha value is -0.260. The fourth-order valence-corrected chi connectivity index (χ4v) is 2.92. The minimum atomic E-state index is 0.927. The SMILES string of the molecule is [CH2]C=CCCCCC(C)CCCCCCCCCCC[CH2]. The second-order valence-electron chi connectivity index (χ2n) is 6.69. The molecule has 0 aliphatic heterocycles. The minimum Gasteiger partial charge on any atom is -0.0885 e. The molecule has 0 nitrogen and oxygen atoms in total. The molecule has 0 bridgehead atoms. The summed E-state index contributed by atoms with van der Waals surface area (Å²) in [5.74, 6) is 0.927. The van der Waals surface area contributed by atoms with Gasteiger partial charge in [0.05, 0.1) is 0 Å². The normalized spacial score (nSPS) is 13.1. The molecule has 0 rings (SSSR count). The van der Waals surface area contributed by atoms with Crippen LogP contribution in [0.4, 0.5) is 0 Å². The van der Waals surface area contributed by atoms with E-state index < -0.39 is 0 Å². The average molecular weight is 293 g/mol. The third-order valence-electron chi connectivity index (χ3n) is 4.43. The van der Waals surface area contributed by atoms with E-state index >= 15 is 0 Å². The predicted octanol–water partition coefficient (Wildman–Crippen LogP) is 7.70. The second kappa shape index (κ2) is 17.8. The Morgan fingerprint density at radius 3 is 1.71 bits per heavy atom. The lowest BCUT2D eigenvalue weighted by Crippen LogP contribution is -1.95. The van der Waals surface area contributed by atoms with Crippen molar-refractivity contribution in [3.05, 3.63) is 26.0 Å². The van der Waals surface area contributed by atoms with Crippen molar-refractivity contribution in [3.8, 4) is 0 Å². The van der Waals surface area contributed by atoms with E-state index in [4.69, 9.17) is 0 Å². The first kappa shape index (κ1) is 20.7. The first-order chi connectivity index (χ1) is 10.3. The Bertz CT molecular complexity index is 204. The average Bonchev–Trinajstić information content (AvgIpc) is 2.49. The van der Waals surface area contributed by atoms with Crippen LogP contribution in [0.2, 0.25) is 0 Å². The van der Waals surface area contributed by atoms with Gasteiger partial charge in [0.15, 0.2) is 0 Å². The molecule has 0 saturated heterocycles. The molecule has 0 N–H and O–H groups in total. The maximum absolute atomic E-state index is 3.89. The van der Waals surface area contributed by atoms with Gasteiger partial charge < -0.3 is 0 Å². The van der Waals surface area contributed by atoms with Crippen LogP contribution in [0.25, 0.3) is 0 Å². The van der Waals surface area contributed by atoms with Crippen LogP contribution in [-0.2, 0) is 0 Å². The van der Waals surface area contributed by atoms with Crippen molar-refractivity contribution in [2.75, 3.05) is 0 Å². The molecular weight excluding hydrogens is 252 g/mol. The maximum Gasteiger partial charge on any atom is -0.0316 e. The number of rotatable bonds is 16. The van der Waals surface area contributed by atoms with Gasteiger partial charge in [0, 0.05) is 0 Å². The van der Waals surface area contributed by atoms with Gasteiger partial charge in [0.2, 0.25) is 0 Å². The number of unbranched alkanes of at least 4 members (excludes halogenated alkanes) is 11.